The Hall–Kier alpha value is -3.12. The smallest absolute Gasteiger partial charge is 0.335 e. The second kappa shape index (κ2) is 7.95. The van der Waals surface area contributed by atoms with Gasteiger partial charge in [0.15, 0.2) is 0 Å². The first-order chi connectivity index (χ1) is 14.7. The van der Waals surface area contributed by atoms with Gasteiger partial charge in [0, 0.05) is 31.1 Å². The SMILES string of the molecule is O=C(O)c1ccc(-n2nc(C3CCCN(Cc4ccccc4)C3)c3c2NCC3)cc1. The van der Waals surface area contributed by atoms with Crippen LogP contribution in [0.15, 0.2) is 54.6 Å². The molecular formula is C24H26N4O2. The van der Waals surface area contributed by atoms with Gasteiger partial charge in [-0.05, 0) is 55.6 Å². The van der Waals surface area contributed by atoms with Crippen molar-refractivity contribution in [1.29, 1.82) is 0 Å². The molecule has 5 rings (SSSR count). The summed E-state index contributed by atoms with van der Waals surface area (Å²) in [5.41, 5.74) is 5.07. The molecule has 2 aliphatic rings. The summed E-state index contributed by atoms with van der Waals surface area (Å²) in [5, 5.41) is 17.7. The second-order valence-electron chi connectivity index (χ2n) is 8.21. The first-order valence-electron chi connectivity index (χ1n) is 10.6. The number of hydrogen-bond donors (Lipinski definition) is 2. The molecule has 6 heteroatoms. The molecule has 0 bridgehead atoms. The van der Waals surface area contributed by atoms with E-state index < -0.39 is 5.97 Å². The highest BCUT2D eigenvalue weighted by Crippen LogP contribution is 2.36. The number of aromatic carboxylic acids is 1. The molecule has 3 heterocycles. The van der Waals surface area contributed by atoms with Gasteiger partial charge in [-0.1, -0.05) is 30.3 Å². The fraction of sp³-hybridized carbons (Fsp3) is 0.333. The van der Waals surface area contributed by atoms with Crippen molar-refractivity contribution >= 4 is 11.8 Å². The Morgan fingerprint density at radius 1 is 1.13 bits per heavy atom. The van der Waals surface area contributed by atoms with E-state index in [-0.39, 0.29) is 0 Å². The number of rotatable bonds is 5. The molecule has 6 nitrogen and oxygen atoms in total. The predicted molar refractivity (Wildman–Crippen MR) is 116 cm³/mol. The van der Waals surface area contributed by atoms with Crippen molar-refractivity contribution in [3.8, 4) is 5.69 Å². The van der Waals surface area contributed by atoms with E-state index in [0.717, 1.165) is 50.5 Å². The van der Waals surface area contributed by atoms with Crippen LogP contribution in [0, 0.1) is 0 Å². The molecule has 1 aromatic heterocycles. The molecule has 1 fully saturated rings. The fourth-order valence-corrected chi connectivity index (χ4v) is 4.73. The van der Waals surface area contributed by atoms with Crippen LogP contribution in [0.1, 0.15) is 45.9 Å². The number of nitrogens with one attached hydrogen (secondary N) is 1. The Kier molecular flexibility index (Phi) is 5.01. The quantitative estimate of drug-likeness (QED) is 0.677. The minimum Gasteiger partial charge on any atom is -0.478 e. The number of aromatic nitrogens is 2. The van der Waals surface area contributed by atoms with E-state index in [9.17, 15) is 4.79 Å². The lowest BCUT2D eigenvalue weighted by molar-refractivity contribution is 0.0697. The summed E-state index contributed by atoms with van der Waals surface area (Å²) < 4.78 is 1.96. The van der Waals surface area contributed by atoms with Crippen molar-refractivity contribution in [2.75, 3.05) is 25.0 Å². The van der Waals surface area contributed by atoms with E-state index >= 15 is 0 Å². The van der Waals surface area contributed by atoms with Crippen molar-refractivity contribution in [2.45, 2.75) is 31.7 Å². The molecule has 1 unspecified atom stereocenters. The Morgan fingerprint density at radius 3 is 2.70 bits per heavy atom. The molecule has 2 N–H and O–H groups in total. The summed E-state index contributed by atoms with van der Waals surface area (Å²) in [6.07, 6.45) is 3.33. The average molecular weight is 402 g/mol. The summed E-state index contributed by atoms with van der Waals surface area (Å²) in [6, 6.07) is 17.6. The summed E-state index contributed by atoms with van der Waals surface area (Å²) in [4.78, 5) is 13.7. The van der Waals surface area contributed by atoms with Crippen LogP contribution in [0.2, 0.25) is 0 Å². The Balaban J connectivity index is 1.41. The molecular weight excluding hydrogens is 376 g/mol. The summed E-state index contributed by atoms with van der Waals surface area (Å²) >= 11 is 0. The van der Waals surface area contributed by atoms with Gasteiger partial charge < -0.3 is 10.4 Å². The standard InChI is InChI=1S/C24H26N4O2/c29-24(30)18-8-10-20(11-9-18)28-23-21(12-13-25-23)22(26-28)19-7-4-14-27(16-19)15-17-5-2-1-3-6-17/h1-3,5-6,8-11,19,25H,4,7,12-16H2,(H,29,30). The van der Waals surface area contributed by atoms with Gasteiger partial charge in [-0.3, -0.25) is 4.90 Å². The minimum atomic E-state index is -0.910. The van der Waals surface area contributed by atoms with Gasteiger partial charge in [-0.15, -0.1) is 0 Å². The van der Waals surface area contributed by atoms with Crippen LogP contribution in [-0.2, 0) is 13.0 Å². The van der Waals surface area contributed by atoms with Crippen LogP contribution >= 0.6 is 0 Å². The van der Waals surface area contributed by atoms with E-state index in [1.54, 1.807) is 12.1 Å². The number of nitrogens with zero attached hydrogens (tertiary/aromatic N) is 3. The minimum absolute atomic E-state index is 0.291. The van der Waals surface area contributed by atoms with Crippen LogP contribution in [-0.4, -0.2) is 45.4 Å². The number of carboxylic acid groups (broad SMARTS) is 1. The lowest BCUT2D eigenvalue weighted by Crippen LogP contribution is -2.34. The topological polar surface area (TPSA) is 70.4 Å². The zero-order valence-corrected chi connectivity index (χ0v) is 16.9. The molecule has 0 saturated carbocycles. The third-order valence-corrected chi connectivity index (χ3v) is 6.18. The van der Waals surface area contributed by atoms with Crippen LogP contribution < -0.4 is 5.32 Å². The molecule has 1 saturated heterocycles. The maximum absolute atomic E-state index is 11.2. The summed E-state index contributed by atoms with van der Waals surface area (Å²) in [6.45, 7) is 4.06. The second-order valence-corrected chi connectivity index (χ2v) is 8.21. The number of fused-ring (bicyclic) bond motifs is 1. The monoisotopic (exact) mass is 402 g/mol. The zero-order valence-electron chi connectivity index (χ0n) is 16.9. The van der Waals surface area contributed by atoms with Gasteiger partial charge in [-0.2, -0.15) is 5.10 Å². The third kappa shape index (κ3) is 3.59. The van der Waals surface area contributed by atoms with Crippen molar-refractivity contribution < 1.29 is 9.90 Å². The fourth-order valence-electron chi connectivity index (χ4n) is 4.73. The highest BCUT2D eigenvalue weighted by atomic mass is 16.4. The molecule has 154 valence electrons. The average Bonchev–Trinajstić information content (AvgIpc) is 3.38. The van der Waals surface area contributed by atoms with Gasteiger partial charge in [-0.25, -0.2) is 9.48 Å². The maximum atomic E-state index is 11.2. The van der Waals surface area contributed by atoms with E-state index in [4.69, 9.17) is 10.2 Å². The molecule has 0 spiro atoms. The highest BCUT2D eigenvalue weighted by Gasteiger charge is 2.30. The largest absolute Gasteiger partial charge is 0.478 e. The normalized spacial score (nSPS) is 18.7. The third-order valence-electron chi connectivity index (χ3n) is 6.18. The van der Waals surface area contributed by atoms with E-state index in [0.29, 0.717) is 11.5 Å². The molecule has 1 atom stereocenters. The lowest BCUT2D eigenvalue weighted by Gasteiger charge is -2.32. The van der Waals surface area contributed by atoms with Gasteiger partial charge in [0.1, 0.15) is 5.82 Å². The number of hydrogen-bond acceptors (Lipinski definition) is 4. The Labute approximate surface area is 176 Å². The maximum Gasteiger partial charge on any atom is 0.335 e. The number of piperidine rings is 1. The first kappa shape index (κ1) is 18.9. The number of likely N-dealkylation sites (tertiary alicyclic amines) is 1. The molecule has 2 aliphatic heterocycles. The van der Waals surface area contributed by atoms with Crippen LogP contribution in [0.5, 0.6) is 0 Å². The van der Waals surface area contributed by atoms with E-state index in [1.807, 2.05) is 16.8 Å². The Bertz CT molecular complexity index is 1040. The molecule has 0 aliphatic carbocycles. The lowest BCUT2D eigenvalue weighted by atomic mass is 9.91. The van der Waals surface area contributed by atoms with Crippen LogP contribution in [0.25, 0.3) is 5.69 Å². The van der Waals surface area contributed by atoms with E-state index in [1.165, 1.54) is 23.2 Å². The molecule has 30 heavy (non-hydrogen) atoms. The van der Waals surface area contributed by atoms with Gasteiger partial charge >= 0.3 is 5.97 Å². The van der Waals surface area contributed by atoms with Crippen LogP contribution in [0.3, 0.4) is 0 Å². The van der Waals surface area contributed by atoms with Gasteiger partial charge in [0.05, 0.1) is 16.9 Å². The highest BCUT2D eigenvalue weighted by molar-refractivity contribution is 5.87. The summed E-state index contributed by atoms with van der Waals surface area (Å²) in [7, 11) is 0. The Morgan fingerprint density at radius 2 is 1.93 bits per heavy atom. The van der Waals surface area contributed by atoms with Crippen molar-refractivity contribution in [3.05, 3.63) is 77.0 Å². The van der Waals surface area contributed by atoms with E-state index in [2.05, 4.69) is 40.5 Å². The van der Waals surface area contributed by atoms with Crippen molar-refractivity contribution in [1.82, 2.24) is 14.7 Å². The van der Waals surface area contributed by atoms with Crippen molar-refractivity contribution in [2.24, 2.45) is 0 Å². The zero-order chi connectivity index (χ0) is 20.5. The molecule has 3 aromatic rings. The molecule has 0 radical (unpaired) electrons. The summed E-state index contributed by atoms with van der Waals surface area (Å²) in [5.74, 6) is 0.579. The molecule has 0 amide bonds. The van der Waals surface area contributed by atoms with Crippen molar-refractivity contribution in [3.63, 3.8) is 0 Å². The van der Waals surface area contributed by atoms with Gasteiger partial charge in [0.25, 0.3) is 0 Å². The number of carboxylic acids is 1. The van der Waals surface area contributed by atoms with Crippen LogP contribution in [0.4, 0.5) is 5.82 Å². The van der Waals surface area contributed by atoms with Gasteiger partial charge in [0.2, 0.25) is 0 Å². The number of anilines is 1. The predicted octanol–water partition coefficient (Wildman–Crippen LogP) is 3.92. The number of carbonyl (C=O) groups is 1. The number of benzene rings is 2. The first-order valence-corrected chi connectivity index (χ1v) is 10.6. The molecule has 2 aromatic carbocycles.